The molecule has 3 nitrogen and oxygen atoms in total. The Morgan fingerprint density at radius 2 is 2.20 bits per heavy atom. The summed E-state index contributed by atoms with van der Waals surface area (Å²) in [6.45, 7) is 8.88. The van der Waals surface area contributed by atoms with Crippen LogP contribution < -0.4 is 10.2 Å². The smallest absolute Gasteiger partial charge is 0.0465 e. The number of nitrogens with one attached hydrogen (secondary N) is 1. The summed E-state index contributed by atoms with van der Waals surface area (Å²) in [5, 5.41) is 6.17. The van der Waals surface area contributed by atoms with E-state index in [1.807, 2.05) is 12.4 Å². The summed E-state index contributed by atoms with van der Waals surface area (Å²) in [6, 6.07) is 9.18. The number of piperazine rings is 1. The largest absolute Gasteiger partial charge is 0.365 e. The van der Waals surface area contributed by atoms with Crippen molar-refractivity contribution in [2.45, 2.75) is 38.8 Å². The number of aromatic nitrogens is 1. The van der Waals surface area contributed by atoms with E-state index in [2.05, 4.69) is 60.2 Å². The number of pyridine rings is 1. The molecule has 20 heavy (non-hydrogen) atoms. The molecule has 1 N–H and O–H groups in total. The Kier molecular flexibility index (Phi) is 3.38. The molecule has 1 aromatic heterocycles. The van der Waals surface area contributed by atoms with Gasteiger partial charge in [0.25, 0.3) is 0 Å². The van der Waals surface area contributed by atoms with Crippen LogP contribution in [0.25, 0.3) is 10.8 Å². The van der Waals surface area contributed by atoms with Crippen molar-refractivity contribution in [3.8, 4) is 0 Å². The van der Waals surface area contributed by atoms with Crippen LogP contribution in [0.4, 0.5) is 5.69 Å². The van der Waals surface area contributed by atoms with Gasteiger partial charge in [0.2, 0.25) is 0 Å². The van der Waals surface area contributed by atoms with Crippen molar-refractivity contribution in [2.75, 3.05) is 18.0 Å². The van der Waals surface area contributed by atoms with Crippen LogP contribution in [0.3, 0.4) is 0 Å². The van der Waals surface area contributed by atoms with Gasteiger partial charge in [0.1, 0.15) is 0 Å². The molecule has 1 unspecified atom stereocenters. The molecule has 1 saturated heterocycles. The van der Waals surface area contributed by atoms with Crippen LogP contribution in [0.2, 0.25) is 0 Å². The lowest BCUT2D eigenvalue weighted by atomic mass is 9.96. The second kappa shape index (κ2) is 5.06. The van der Waals surface area contributed by atoms with Crippen molar-refractivity contribution in [1.82, 2.24) is 10.3 Å². The van der Waals surface area contributed by atoms with Gasteiger partial charge in [-0.25, -0.2) is 0 Å². The molecule has 0 radical (unpaired) electrons. The third-order valence-corrected chi connectivity index (χ3v) is 4.26. The first-order chi connectivity index (χ1) is 9.61. The molecule has 1 aliphatic rings. The SMILES string of the molecule is CCC1CNC(C)(C)CN1c1cccc2ccncc12. The summed E-state index contributed by atoms with van der Waals surface area (Å²) < 4.78 is 0. The first-order valence-corrected chi connectivity index (χ1v) is 7.45. The van der Waals surface area contributed by atoms with Crippen molar-refractivity contribution in [1.29, 1.82) is 0 Å². The standard InChI is InChI=1S/C17H23N3/c1-4-14-10-19-17(2,3)12-20(14)16-7-5-6-13-8-9-18-11-15(13)16/h5-9,11,14,19H,4,10,12H2,1-3H3. The van der Waals surface area contributed by atoms with Crippen molar-refractivity contribution in [3.05, 3.63) is 36.7 Å². The molecule has 2 heterocycles. The van der Waals surface area contributed by atoms with Crippen LogP contribution in [0.15, 0.2) is 36.7 Å². The molecule has 1 fully saturated rings. The van der Waals surface area contributed by atoms with E-state index in [0.717, 1.165) is 19.5 Å². The highest BCUT2D eigenvalue weighted by molar-refractivity contribution is 5.93. The van der Waals surface area contributed by atoms with Crippen molar-refractivity contribution >= 4 is 16.5 Å². The Labute approximate surface area is 121 Å². The fourth-order valence-corrected chi connectivity index (χ4v) is 3.11. The number of fused-ring (bicyclic) bond motifs is 1. The Morgan fingerprint density at radius 3 is 3.00 bits per heavy atom. The van der Waals surface area contributed by atoms with Crippen molar-refractivity contribution in [2.24, 2.45) is 0 Å². The van der Waals surface area contributed by atoms with E-state index >= 15 is 0 Å². The van der Waals surface area contributed by atoms with Gasteiger partial charge in [-0.05, 0) is 37.8 Å². The van der Waals surface area contributed by atoms with Crippen LogP contribution in [0.1, 0.15) is 27.2 Å². The Balaban J connectivity index is 2.07. The second-order valence-electron chi connectivity index (χ2n) is 6.33. The van der Waals surface area contributed by atoms with E-state index in [4.69, 9.17) is 0 Å². The second-order valence-corrected chi connectivity index (χ2v) is 6.33. The van der Waals surface area contributed by atoms with Gasteiger partial charge < -0.3 is 10.2 Å². The molecule has 0 saturated carbocycles. The van der Waals surface area contributed by atoms with Gasteiger partial charge in [0, 0.05) is 48.1 Å². The summed E-state index contributed by atoms with van der Waals surface area (Å²) in [6.07, 6.45) is 5.01. The lowest BCUT2D eigenvalue weighted by Gasteiger charge is -2.46. The Morgan fingerprint density at radius 1 is 1.35 bits per heavy atom. The van der Waals surface area contributed by atoms with Crippen LogP contribution in [-0.2, 0) is 0 Å². The highest BCUT2D eigenvalue weighted by atomic mass is 15.3. The minimum atomic E-state index is 0.149. The van der Waals surface area contributed by atoms with Crippen LogP contribution in [0, 0.1) is 0 Å². The van der Waals surface area contributed by atoms with Crippen LogP contribution in [-0.4, -0.2) is 29.7 Å². The van der Waals surface area contributed by atoms with E-state index < -0.39 is 0 Å². The molecular formula is C17H23N3. The normalized spacial score (nSPS) is 22.1. The van der Waals surface area contributed by atoms with E-state index in [9.17, 15) is 0 Å². The maximum absolute atomic E-state index is 4.31. The maximum Gasteiger partial charge on any atom is 0.0465 e. The van der Waals surface area contributed by atoms with E-state index in [1.165, 1.54) is 16.5 Å². The molecule has 3 heteroatoms. The molecule has 3 rings (SSSR count). The predicted molar refractivity (Wildman–Crippen MR) is 85.2 cm³/mol. The quantitative estimate of drug-likeness (QED) is 0.907. The van der Waals surface area contributed by atoms with Gasteiger partial charge in [-0.2, -0.15) is 0 Å². The van der Waals surface area contributed by atoms with Gasteiger partial charge in [0.15, 0.2) is 0 Å². The van der Waals surface area contributed by atoms with E-state index in [-0.39, 0.29) is 5.54 Å². The maximum atomic E-state index is 4.31. The number of benzene rings is 1. The highest BCUT2D eigenvalue weighted by Crippen LogP contribution is 2.31. The summed E-state index contributed by atoms with van der Waals surface area (Å²) in [5.74, 6) is 0. The minimum absolute atomic E-state index is 0.149. The first-order valence-electron chi connectivity index (χ1n) is 7.45. The lowest BCUT2D eigenvalue weighted by Crippen LogP contribution is -2.61. The first kappa shape index (κ1) is 13.4. The van der Waals surface area contributed by atoms with E-state index in [1.54, 1.807) is 0 Å². The average Bonchev–Trinajstić information content (AvgIpc) is 2.46. The van der Waals surface area contributed by atoms with E-state index in [0.29, 0.717) is 6.04 Å². The van der Waals surface area contributed by atoms with Crippen molar-refractivity contribution < 1.29 is 0 Å². The molecule has 1 aliphatic heterocycles. The summed E-state index contributed by atoms with van der Waals surface area (Å²) in [5.41, 5.74) is 1.47. The Bertz CT molecular complexity index is 601. The number of hydrogen-bond donors (Lipinski definition) is 1. The average molecular weight is 269 g/mol. The summed E-state index contributed by atoms with van der Waals surface area (Å²) in [4.78, 5) is 6.87. The van der Waals surface area contributed by atoms with Gasteiger partial charge in [0.05, 0.1) is 0 Å². The topological polar surface area (TPSA) is 28.2 Å². The van der Waals surface area contributed by atoms with Crippen molar-refractivity contribution in [3.63, 3.8) is 0 Å². The predicted octanol–water partition coefficient (Wildman–Crippen LogP) is 3.20. The number of hydrogen-bond acceptors (Lipinski definition) is 3. The van der Waals surface area contributed by atoms with Gasteiger partial charge in [-0.15, -0.1) is 0 Å². The van der Waals surface area contributed by atoms with Gasteiger partial charge in [-0.3, -0.25) is 4.98 Å². The number of rotatable bonds is 2. The number of nitrogens with zero attached hydrogens (tertiary/aromatic N) is 2. The molecule has 1 atom stereocenters. The van der Waals surface area contributed by atoms with Crippen LogP contribution >= 0.6 is 0 Å². The molecule has 0 spiro atoms. The van der Waals surface area contributed by atoms with Gasteiger partial charge in [-0.1, -0.05) is 19.1 Å². The molecular weight excluding hydrogens is 246 g/mol. The van der Waals surface area contributed by atoms with Crippen LogP contribution in [0.5, 0.6) is 0 Å². The zero-order valence-corrected chi connectivity index (χ0v) is 12.6. The minimum Gasteiger partial charge on any atom is -0.365 e. The molecule has 0 bridgehead atoms. The summed E-state index contributed by atoms with van der Waals surface area (Å²) in [7, 11) is 0. The highest BCUT2D eigenvalue weighted by Gasteiger charge is 2.32. The zero-order valence-electron chi connectivity index (χ0n) is 12.6. The molecule has 106 valence electrons. The molecule has 0 aliphatic carbocycles. The molecule has 1 aromatic carbocycles. The third kappa shape index (κ3) is 2.38. The molecule has 2 aromatic rings. The third-order valence-electron chi connectivity index (χ3n) is 4.26. The molecule has 0 amide bonds. The fraction of sp³-hybridized carbons (Fsp3) is 0.471. The monoisotopic (exact) mass is 269 g/mol. The zero-order chi connectivity index (χ0) is 14.2. The number of anilines is 1. The van der Waals surface area contributed by atoms with Gasteiger partial charge >= 0.3 is 0 Å². The fourth-order valence-electron chi connectivity index (χ4n) is 3.11. The summed E-state index contributed by atoms with van der Waals surface area (Å²) >= 11 is 0. The Hall–Kier alpha value is -1.61. The lowest BCUT2D eigenvalue weighted by molar-refractivity contribution is 0.306.